The Bertz CT molecular complexity index is 527. The summed E-state index contributed by atoms with van der Waals surface area (Å²) in [5.41, 5.74) is 3.31. The summed E-state index contributed by atoms with van der Waals surface area (Å²) >= 11 is 0. The second kappa shape index (κ2) is 6.19. The molecule has 0 aromatic heterocycles. The molecular weight excluding hydrogens is 236 g/mol. The fourth-order valence-electron chi connectivity index (χ4n) is 1.92. The Morgan fingerprint density at radius 2 is 1.53 bits per heavy atom. The van der Waals surface area contributed by atoms with Gasteiger partial charge in [-0.1, -0.05) is 54.6 Å². The van der Waals surface area contributed by atoms with Crippen molar-refractivity contribution in [3.63, 3.8) is 0 Å². The minimum absolute atomic E-state index is 0.0592. The molecule has 98 valence electrons. The van der Waals surface area contributed by atoms with Crippen molar-refractivity contribution >= 4 is 5.97 Å². The van der Waals surface area contributed by atoms with E-state index in [2.05, 4.69) is 12.1 Å². The number of hydrogen-bond donors (Lipinski definition) is 0. The van der Waals surface area contributed by atoms with Gasteiger partial charge in [0.25, 0.3) is 0 Å². The van der Waals surface area contributed by atoms with E-state index in [1.54, 1.807) is 0 Å². The van der Waals surface area contributed by atoms with Crippen molar-refractivity contribution in [1.29, 1.82) is 0 Å². The van der Waals surface area contributed by atoms with Gasteiger partial charge in [-0.15, -0.1) is 0 Å². The molecule has 2 aromatic carbocycles. The first-order chi connectivity index (χ1) is 9.15. The van der Waals surface area contributed by atoms with Crippen LogP contribution in [0, 0.1) is 0 Å². The topological polar surface area (TPSA) is 26.3 Å². The van der Waals surface area contributed by atoms with Gasteiger partial charge in [0.05, 0.1) is 12.5 Å². The molecule has 0 unspecified atom stereocenters. The summed E-state index contributed by atoms with van der Waals surface area (Å²) in [7, 11) is 0. The van der Waals surface area contributed by atoms with Gasteiger partial charge >= 0.3 is 5.97 Å². The van der Waals surface area contributed by atoms with Crippen molar-refractivity contribution in [2.45, 2.75) is 26.4 Å². The van der Waals surface area contributed by atoms with Crippen molar-refractivity contribution in [3.05, 3.63) is 60.2 Å². The third-order valence-corrected chi connectivity index (χ3v) is 2.78. The molecule has 0 bridgehead atoms. The maximum absolute atomic E-state index is 11.6. The molecule has 0 aliphatic heterocycles. The van der Waals surface area contributed by atoms with Gasteiger partial charge in [0, 0.05) is 0 Å². The lowest BCUT2D eigenvalue weighted by atomic mass is 10.0. The zero-order chi connectivity index (χ0) is 13.7. The van der Waals surface area contributed by atoms with Gasteiger partial charge in [-0.2, -0.15) is 0 Å². The minimum atomic E-state index is -0.178. The number of benzene rings is 2. The molecular formula is C17H18O2. The molecule has 0 aliphatic carbocycles. The molecule has 0 saturated heterocycles. The van der Waals surface area contributed by atoms with Crippen LogP contribution in [-0.4, -0.2) is 12.1 Å². The third kappa shape index (κ3) is 3.95. The molecule has 0 aliphatic rings. The Hall–Kier alpha value is -2.09. The van der Waals surface area contributed by atoms with Crippen molar-refractivity contribution in [2.75, 3.05) is 0 Å². The first-order valence-electron chi connectivity index (χ1n) is 6.49. The molecule has 2 rings (SSSR count). The van der Waals surface area contributed by atoms with Gasteiger partial charge in [0.1, 0.15) is 0 Å². The number of carbonyl (C=O) groups excluding carboxylic acids is 1. The van der Waals surface area contributed by atoms with Gasteiger partial charge in [-0.05, 0) is 30.5 Å². The summed E-state index contributed by atoms with van der Waals surface area (Å²) in [6, 6.07) is 18.2. The highest BCUT2D eigenvalue weighted by molar-refractivity contribution is 5.73. The maximum Gasteiger partial charge on any atom is 0.310 e. The van der Waals surface area contributed by atoms with Crippen molar-refractivity contribution in [2.24, 2.45) is 0 Å². The summed E-state index contributed by atoms with van der Waals surface area (Å²) in [5, 5.41) is 0. The summed E-state index contributed by atoms with van der Waals surface area (Å²) < 4.78 is 5.13. The van der Waals surface area contributed by atoms with E-state index >= 15 is 0 Å². The van der Waals surface area contributed by atoms with Gasteiger partial charge in [0.2, 0.25) is 0 Å². The van der Waals surface area contributed by atoms with Crippen LogP contribution in [0.2, 0.25) is 0 Å². The van der Waals surface area contributed by atoms with Gasteiger partial charge in [0.15, 0.2) is 0 Å². The van der Waals surface area contributed by atoms with E-state index in [0.29, 0.717) is 6.42 Å². The molecule has 2 aromatic rings. The number of esters is 1. The Morgan fingerprint density at radius 3 is 2.11 bits per heavy atom. The minimum Gasteiger partial charge on any atom is -0.463 e. The van der Waals surface area contributed by atoms with Crippen LogP contribution in [0.25, 0.3) is 11.1 Å². The van der Waals surface area contributed by atoms with Crippen molar-refractivity contribution in [1.82, 2.24) is 0 Å². The normalized spacial score (nSPS) is 10.5. The van der Waals surface area contributed by atoms with Gasteiger partial charge < -0.3 is 4.74 Å². The second-order valence-electron chi connectivity index (χ2n) is 4.78. The van der Waals surface area contributed by atoms with Crippen LogP contribution in [0.1, 0.15) is 19.4 Å². The number of rotatable bonds is 4. The van der Waals surface area contributed by atoms with Crippen LogP contribution in [0.4, 0.5) is 0 Å². The first-order valence-corrected chi connectivity index (χ1v) is 6.49. The maximum atomic E-state index is 11.6. The van der Waals surface area contributed by atoms with Crippen LogP contribution in [0.15, 0.2) is 54.6 Å². The molecule has 19 heavy (non-hydrogen) atoms. The summed E-state index contributed by atoms with van der Waals surface area (Å²) in [5.74, 6) is -0.178. The van der Waals surface area contributed by atoms with Crippen LogP contribution >= 0.6 is 0 Å². The van der Waals surface area contributed by atoms with E-state index in [0.717, 1.165) is 11.1 Å². The Balaban J connectivity index is 2.05. The highest BCUT2D eigenvalue weighted by Crippen LogP contribution is 2.19. The second-order valence-corrected chi connectivity index (χ2v) is 4.78. The number of hydrogen-bond acceptors (Lipinski definition) is 2. The average Bonchev–Trinajstić information content (AvgIpc) is 2.39. The molecule has 0 saturated carbocycles. The molecule has 0 fully saturated rings. The van der Waals surface area contributed by atoms with E-state index in [9.17, 15) is 4.79 Å². The van der Waals surface area contributed by atoms with Crippen molar-refractivity contribution in [3.8, 4) is 11.1 Å². The lowest BCUT2D eigenvalue weighted by molar-refractivity contribution is -0.146. The predicted octanol–water partition coefficient (Wildman–Crippen LogP) is 3.85. The zero-order valence-electron chi connectivity index (χ0n) is 11.3. The van der Waals surface area contributed by atoms with E-state index < -0.39 is 0 Å². The summed E-state index contributed by atoms with van der Waals surface area (Å²) in [4.78, 5) is 11.6. The summed E-state index contributed by atoms with van der Waals surface area (Å²) in [6.45, 7) is 3.72. The SMILES string of the molecule is CC(C)OC(=O)Cc1ccc(-c2ccccc2)cc1. The zero-order valence-corrected chi connectivity index (χ0v) is 11.3. The van der Waals surface area contributed by atoms with E-state index in [4.69, 9.17) is 4.74 Å². The van der Waals surface area contributed by atoms with Crippen LogP contribution in [0.5, 0.6) is 0 Å². The fourth-order valence-corrected chi connectivity index (χ4v) is 1.92. The highest BCUT2D eigenvalue weighted by atomic mass is 16.5. The fraction of sp³-hybridized carbons (Fsp3) is 0.235. The molecule has 2 heteroatoms. The monoisotopic (exact) mass is 254 g/mol. The number of carbonyl (C=O) groups is 1. The predicted molar refractivity (Wildman–Crippen MR) is 76.8 cm³/mol. The Labute approximate surface area is 114 Å². The smallest absolute Gasteiger partial charge is 0.310 e. The Kier molecular flexibility index (Phi) is 4.35. The lowest BCUT2D eigenvalue weighted by Gasteiger charge is -2.08. The molecule has 0 amide bonds. The molecule has 0 spiro atoms. The van der Waals surface area contributed by atoms with E-state index in [-0.39, 0.29) is 12.1 Å². The van der Waals surface area contributed by atoms with E-state index in [1.807, 2.05) is 56.3 Å². The molecule has 0 radical (unpaired) electrons. The van der Waals surface area contributed by atoms with Crippen molar-refractivity contribution < 1.29 is 9.53 Å². The van der Waals surface area contributed by atoms with Crippen LogP contribution in [0.3, 0.4) is 0 Å². The summed E-state index contributed by atoms with van der Waals surface area (Å²) in [6.07, 6.45) is 0.267. The van der Waals surface area contributed by atoms with Crippen LogP contribution < -0.4 is 0 Å². The van der Waals surface area contributed by atoms with E-state index in [1.165, 1.54) is 5.56 Å². The largest absolute Gasteiger partial charge is 0.463 e. The van der Waals surface area contributed by atoms with Crippen LogP contribution in [-0.2, 0) is 16.0 Å². The molecule has 0 N–H and O–H groups in total. The standard InChI is InChI=1S/C17H18O2/c1-13(2)19-17(18)12-14-8-10-16(11-9-14)15-6-4-3-5-7-15/h3-11,13H,12H2,1-2H3. The van der Waals surface area contributed by atoms with Gasteiger partial charge in [-0.25, -0.2) is 0 Å². The number of ether oxygens (including phenoxy) is 1. The highest BCUT2D eigenvalue weighted by Gasteiger charge is 2.07. The van der Waals surface area contributed by atoms with Gasteiger partial charge in [-0.3, -0.25) is 4.79 Å². The third-order valence-electron chi connectivity index (χ3n) is 2.78. The Morgan fingerprint density at radius 1 is 0.947 bits per heavy atom. The molecule has 0 atom stereocenters. The molecule has 2 nitrogen and oxygen atoms in total. The quantitative estimate of drug-likeness (QED) is 0.775. The average molecular weight is 254 g/mol. The molecule has 0 heterocycles. The first kappa shape index (κ1) is 13.3. The lowest BCUT2D eigenvalue weighted by Crippen LogP contribution is -2.13.